The van der Waals surface area contributed by atoms with Crippen molar-refractivity contribution in [1.29, 1.82) is 0 Å². The highest BCUT2D eigenvalue weighted by atomic mass is 32.1. The van der Waals surface area contributed by atoms with Gasteiger partial charge in [0, 0.05) is 27.4 Å². The minimum absolute atomic E-state index is 0.107. The molecule has 8 heteroatoms. The molecule has 0 spiro atoms. The first kappa shape index (κ1) is 22.2. The van der Waals surface area contributed by atoms with Gasteiger partial charge in [0.2, 0.25) is 0 Å². The third-order valence-corrected chi connectivity index (χ3v) is 6.54. The number of aromatic nitrogens is 2. The molecule has 4 nitrogen and oxygen atoms in total. The van der Waals surface area contributed by atoms with Gasteiger partial charge in [-0.1, -0.05) is 37.3 Å². The second-order valence-corrected chi connectivity index (χ2v) is 8.64. The minimum atomic E-state index is -4.40. The van der Waals surface area contributed by atoms with Crippen LogP contribution in [-0.2, 0) is 6.18 Å². The molecule has 0 aliphatic heterocycles. The molecule has 172 valence electrons. The van der Waals surface area contributed by atoms with Crippen LogP contribution in [0.5, 0.6) is 0 Å². The fourth-order valence-corrected chi connectivity index (χ4v) is 4.86. The summed E-state index contributed by atoms with van der Waals surface area (Å²) in [5, 5.41) is 6.66. The average Bonchev–Trinajstić information content (AvgIpc) is 3.43. The zero-order valence-electron chi connectivity index (χ0n) is 18.1. The number of rotatable bonds is 5. The van der Waals surface area contributed by atoms with Gasteiger partial charge in [0.25, 0.3) is 5.91 Å². The third-order valence-electron chi connectivity index (χ3n) is 5.92. The van der Waals surface area contributed by atoms with Crippen LogP contribution in [0.3, 0.4) is 0 Å². The molecule has 1 amide bonds. The van der Waals surface area contributed by atoms with E-state index in [-0.39, 0.29) is 11.9 Å². The maximum Gasteiger partial charge on any atom is 0.416 e. The molecular weight excluding hydrogens is 459 g/mol. The lowest BCUT2D eigenvalue weighted by atomic mass is 10.0. The second kappa shape index (κ2) is 8.61. The Labute approximate surface area is 197 Å². The van der Waals surface area contributed by atoms with E-state index in [1.165, 1.54) is 23.7 Å². The van der Waals surface area contributed by atoms with Crippen molar-refractivity contribution < 1.29 is 18.0 Å². The molecule has 0 radical (unpaired) electrons. The number of nitrogens with one attached hydrogen (secondary N) is 1. The maximum atomic E-state index is 13.1. The van der Waals surface area contributed by atoms with E-state index in [9.17, 15) is 18.0 Å². The molecule has 5 aromatic rings. The molecule has 34 heavy (non-hydrogen) atoms. The monoisotopic (exact) mass is 479 g/mol. The summed E-state index contributed by atoms with van der Waals surface area (Å²) in [7, 11) is 0. The summed E-state index contributed by atoms with van der Waals surface area (Å²) in [5.41, 5.74) is 2.85. The molecule has 3 aromatic carbocycles. The molecule has 0 saturated heterocycles. The topological polar surface area (TPSA) is 46.9 Å². The molecule has 0 saturated carbocycles. The van der Waals surface area contributed by atoms with Gasteiger partial charge in [-0.25, -0.2) is 0 Å². The van der Waals surface area contributed by atoms with Crippen molar-refractivity contribution in [3.63, 3.8) is 0 Å². The van der Waals surface area contributed by atoms with Crippen molar-refractivity contribution in [1.82, 2.24) is 14.3 Å². The molecular formula is C26H20F3N3OS. The zero-order valence-corrected chi connectivity index (χ0v) is 19.0. The highest BCUT2D eigenvalue weighted by molar-refractivity contribution is 7.05. The first-order valence-corrected chi connectivity index (χ1v) is 11.6. The van der Waals surface area contributed by atoms with Crippen molar-refractivity contribution in [2.45, 2.75) is 25.6 Å². The Bertz CT molecular complexity index is 1470. The number of alkyl halides is 3. The number of benzene rings is 3. The van der Waals surface area contributed by atoms with Crippen LogP contribution in [0.1, 0.15) is 40.9 Å². The van der Waals surface area contributed by atoms with Gasteiger partial charge in [0.15, 0.2) is 5.65 Å². The van der Waals surface area contributed by atoms with E-state index in [1.807, 2.05) is 59.3 Å². The quantitative estimate of drug-likeness (QED) is 0.291. The van der Waals surface area contributed by atoms with Crippen molar-refractivity contribution in [2.24, 2.45) is 0 Å². The highest BCUT2D eigenvalue weighted by Crippen LogP contribution is 2.35. The lowest BCUT2D eigenvalue weighted by Gasteiger charge is -2.17. The Kier molecular flexibility index (Phi) is 5.61. The molecule has 0 fully saturated rings. The second-order valence-electron chi connectivity index (χ2n) is 8.01. The van der Waals surface area contributed by atoms with E-state index >= 15 is 0 Å². The number of carbonyl (C=O) groups is 1. The average molecular weight is 480 g/mol. The molecule has 2 heterocycles. The smallest absolute Gasteiger partial charge is 0.345 e. The number of fused-ring (bicyclic) bond motifs is 3. The van der Waals surface area contributed by atoms with Crippen LogP contribution in [-0.4, -0.2) is 14.8 Å². The van der Waals surface area contributed by atoms with E-state index < -0.39 is 11.7 Å². The van der Waals surface area contributed by atoms with Crippen LogP contribution in [0.2, 0.25) is 0 Å². The highest BCUT2D eigenvalue weighted by Gasteiger charge is 2.30. The largest absolute Gasteiger partial charge is 0.416 e. The number of hydrogen-bond acceptors (Lipinski definition) is 3. The molecule has 2 aromatic heterocycles. The van der Waals surface area contributed by atoms with Gasteiger partial charge in [-0.2, -0.15) is 17.5 Å². The summed E-state index contributed by atoms with van der Waals surface area (Å²) in [4.78, 5) is 13.1. The third kappa shape index (κ3) is 3.94. The van der Waals surface area contributed by atoms with Gasteiger partial charge in [0.1, 0.15) is 0 Å². The van der Waals surface area contributed by atoms with E-state index in [2.05, 4.69) is 9.69 Å². The van der Waals surface area contributed by atoms with E-state index in [0.717, 1.165) is 40.4 Å². The molecule has 1 N–H and O–H groups in total. The van der Waals surface area contributed by atoms with Crippen LogP contribution in [0.25, 0.3) is 27.6 Å². The van der Waals surface area contributed by atoms with Crippen LogP contribution >= 0.6 is 11.5 Å². The Balaban J connectivity index is 1.53. The molecule has 0 aliphatic carbocycles. The van der Waals surface area contributed by atoms with Crippen molar-refractivity contribution in [2.75, 3.05) is 0 Å². The minimum Gasteiger partial charge on any atom is -0.345 e. The zero-order chi connectivity index (χ0) is 23.9. The summed E-state index contributed by atoms with van der Waals surface area (Å²) in [5.74, 6) is -0.184. The molecule has 5 rings (SSSR count). The number of hydrogen-bond donors (Lipinski definition) is 1. The van der Waals surface area contributed by atoms with Crippen molar-refractivity contribution in [3.8, 4) is 5.69 Å². The van der Waals surface area contributed by atoms with Gasteiger partial charge < -0.3 is 5.32 Å². The number of halogens is 3. The van der Waals surface area contributed by atoms with E-state index in [0.29, 0.717) is 16.9 Å². The van der Waals surface area contributed by atoms with Crippen molar-refractivity contribution in [3.05, 3.63) is 94.9 Å². The Hall–Kier alpha value is -3.65. The van der Waals surface area contributed by atoms with Crippen LogP contribution < -0.4 is 5.32 Å². The lowest BCUT2D eigenvalue weighted by molar-refractivity contribution is -0.137. The van der Waals surface area contributed by atoms with Crippen LogP contribution in [0, 0.1) is 0 Å². The summed E-state index contributed by atoms with van der Waals surface area (Å²) < 4.78 is 45.3. The predicted molar refractivity (Wildman–Crippen MR) is 128 cm³/mol. The first-order chi connectivity index (χ1) is 16.4. The summed E-state index contributed by atoms with van der Waals surface area (Å²) >= 11 is 1.27. The molecule has 0 bridgehead atoms. The summed E-state index contributed by atoms with van der Waals surface area (Å²) in [6.45, 7) is 2.02. The van der Waals surface area contributed by atoms with Crippen molar-refractivity contribution >= 4 is 39.4 Å². The van der Waals surface area contributed by atoms with Gasteiger partial charge >= 0.3 is 6.18 Å². The molecule has 1 unspecified atom stereocenters. The van der Waals surface area contributed by atoms with Gasteiger partial charge in [-0.15, -0.1) is 0 Å². The molecule has 0 aliphatic rings. The predicted octanol–water partition coefficient (Wildman–Crippen LogP) is 7.14. The Morgan fingerprint density at radius 2 is 1.76 bits per heavy atom. The number of carbonyl (C=O) groups excluding carboxylic acids is 1. The summed E-state index contributed by atoms with van der Waals surface area (Å²) in [6, 6.07) is 20.1. The number of nitrogens with zero attached hydrogens (tertiary/aromatic N) is 2. The normalized spacial score (nSPS) is 12.8. The van der Waals surface area contributed by atoms with E-state index in [1.54, 1.807) is 6.07 Å². The Morgan fingerprint density at radius 3 is 2.44 bits per heavy atom. The Morgan fingerprint density at radius 1 is 1.03 bits per heavy atom. The SMILES string of the molecule is CCC(NC(=O)c1ccc2c(c1)c1csnc1n2-c1ccc(C(F)(F)F)cc1)c1ccccc1. The standard InChI is InChI=1S/C26H20F3N3OS/c1-2-22(16-6-4-3-5-7-16)30-25(33)17-8-13-23-20(14-17)21-15-34-31-24(21)32(23)19-11-9-18(10-12-19)26(27,28)29/h3-15,22H,2H2,1H3,(H,30,33). The fourth-order valence-electron chi connectivity index (χ4n) is 4.19. The van der Waals surface area contributed by atoms with Crippen LogP contribution in [0.15, 0.2) is 78.2 Å². The molecule has 1 atom stereocenters. The fraction of sp³-hybridized carbons (Fsp3) is 0.154. The van der Waals surface area contributed by atoms with Gasteiger partial charge in [-0.05, 0) is 66.0 Å². The van der Waals surface area contributed by atoms with E-state index in [4.69, 9.17) is 0 Å². The lowest BCUT2D eigenvalue weighted by Crippen LogP contribution is -2.28. The van der Waals surface area contributed by atoms with Gasteiger partial charge in [-0.3, -0.25) is 9.36 Å². The van der Waals surface area contributed by atoms with Gasteiger partial charge in [0.05, 0.1) is 17.1 Å². The summed E-state index contributed by atoms with van der Waals surface area (Å²) in [6.07, 6.45) is -3.65. The van der Waals surface area contributed by atoms with Crippen LogP contribution in [0.4, 0.5) is 13.2 Å². The maximum absolute atomic E-state index is 13.1. The number of amides is 1. The first-order valence-electron chi connectivity index (χ1n) is 10.8.